The summed E-state index contributed by atoms with van der Waals surface area (Å²) in [5.74, 6) is 3.62. The molecule has 0 amide bonds. The summed E-state index contributed by atoms with van der Waals surface area (Å²) in [4.78, 5) is 0. The largest absolute Gasteiger partial charge is 0.494 e. The van der Waals surface area contributed by atoms with Gasteiger partial charge in [0.2, 0.25) is 0 Å². The van der Waals surface area contributed by atoms with Gasteiger partial charge in [0.15, 0.2) is 25.1 Å². The highest BCUT2D eigenvalue weighted by atomic mass is 16.7. The second-order valence-corrected chi connectivity index (χ2v) is 13.3. The minimum Gasteiger partial charge on any atom is -0.494 e. The lowest BCUT2D eigenvalue weighted by atomic mass is 10.1. The summed E-state index contributed by atoms with van der Waals surface area (Å²) in [6, 6.07) is 0. The number of rotatable bonds is 38. The van der Waals surface area contributed by atoms with Crippen molar-refractivity contribution in [3.63, 3.8) is 0 Å². The first-order valence-electron chi connectivity index (χ1n) is 20.9. The first-order chi connectivity index (χ1) is 24.1. The fraction of sp³-hybridized carbons (Fsp3) is 0.905. The maximum absolute atomic E-state index is 6.50. The molecule has 292 valence electrons. The van der Waals surface area contributed by atoms with Gasteiger partial charge in [-0.1, -0.05) is 132 Å². The summed E-state index contributed by atoms with van der Waals surface area (Å²) in [5.41, 5.74) is 0. The summed E-state index contributed by atoms with van der Waals surface area (Å²) < 4.78 is 44.8. The van der Waals surface area contributed by atoms with Crippen molar-refractivity contribution >= 4 is 0 Å². The highest BCUT2D eigenvalue weighted by Gasteiger charge is 2.25. The van der Waals surface area contributed by atoms with Crippen molar-refractivity contribution in [2.75, 3.05) is 40.0 Å². The van der Waals surface area contributed by atoms with Crippen molar-refractivity contribution in [2.24, 2.45) is 0 Å². The van der Waals surface area contributed by atoms with Crippen LogP contribution in [0, 0.1) is 0 Å². The third-order valence-electron chi connectivity index (χ3n) is 8.49. The molecular formula is C42H82O7. The monoisotopic (exact) mass is 699 g/mol. The minimum atomic E-state index is -0.210. The number of ether oxygens (including phenoxy) is 7. The molecule has 7 heteroatoms. The average Bonchev–Trinajstić information content (AvgIpc) is 3.10. The highest BCUT2D eigenvalue weighted by Crippen LogP contribution is 2.27. The van der Waals surface area contributed by atoms with Gasteiger partial charge in [-0.3, -0.25) is 0 Å². The molecule has 0 aromatic carbocycles. The van der Waals surface area contributed by atoms with Gasteiger partial charge in [-0.2, -0.15) is 0 Å². The second-order valence-electron chi connectivity index (χ2n) is 13.3. The van der Waals surface area contributed by atoms with E-state index in [0.717, 1.165) is 126 Å². The minimum absolute atomic E-state index is 0.126. The third kappa shape index (κ3) is 25.2. The third-order valence-corrected chi connectivity index (χ3v) is 8.49. The molecule has 7 nitrogen and oxygen atoms in total. The molecule has 0 spiro atoms. The molecule has 0 bridgehead atoms. The van der Waals surface area contributed by atoms with Gasteiger partial charge in [0.1, 0.15) is 23.7 Å². The van der Waals surface area contributed by atoms with Crippen molar-refractivity contribution in [3.05, 3.63) is 23.0 Å². The van der Waals surface area contributed by atoms with Gasteiger partial charge < -0.3 is 33.2 Å². The molecule has 0 rings (SSSR count). The topological polar surface area (TPSA) is 64.6 Å². The van der Waals surface area contributed by atoms with Gasteiger partial charge in [0.25, 0.3) is 0 Å². The Balaban J connectivity index is 6.00. The zero-order chi connectivity index (χ0) is 36.2. The van der Waals surface area contributed by atoms with Crippen LogP contribution < -0.4 is 0 Å². The summed E-state index contributed by atoms with van der Waals surface area (Å²) in [6.45, 7) is 20.7. The van der Waals surface area contributed by atoms with Gasteiger partial charge in [-0.25, -0.2) is 0 Å². The molecule has 2 unspecified atom stereocenters. The van der Waals surface area contributed by atoms with E-state index < -0.39 is 0 Å². The zero-order valence-electron chi connectivity index (χ0n) is 33.8. The molecule has 0 aromatic heterocycles. The van der Waals surface area contributed by atoms with E-state index >= 15 is 0 Å². The Bertz CT molecular complexity index is 704. The molecule has 0 fully saturated rings. The molecule has 0 saturated heterocycles. The maximum atomic E-state index is 6.50. The number of hydrogen-bond donors (Lipinski definition) is 0. The Morgan fingerprint density at radius 2 is 0.714 bits per heavy atom. The van der Waals surface area contributed by atoms with Gasteiger partial charge in [-0.15, -0.1) is 0 Å². The van der Waals surface area contributed by atoms with Crippen LogP contribution in [0.15, 0.2) is 23.0 Å². The number of allylic oxidation sites excluding steroid dienone is 2. The molecule has 0 N–H and O–H groups in total. The van der Waals surface area contributed by atoms with Crippen LogP contribution in [0.1, 0.15) is 197 Å². The quantitative estimate of drug-likeness (QED) is 0.0361. The molecule has 0 aliphatic rings. The van der Waals surface area contributed by atoms with Crippen molar-refractivity contribution in [1.29, 1.82) is 0 Å². The lowest BCUT2D eigenvalue weighted by molar-refractivity contribution is -0.167. The Morgan fingerprint density at radius 1 is 0.367 bits per heavy atom. The van der Waals surface area contributed by atoms with Crippen LogP contribution in [0.25, 0.3) is 0 Å². The molecule has 0 saturated carbocycles. The smallest absolute Gasteiger partial charge is 0.162 e. The van der Waals surface area contributed by atoms with Crippen LogP contribution in [-0.4, -0.2) is 52.2 Å². The SMILES string of the molecule is CCCCCCC(OCOCOC(CCCCCC)C(OCCCC)=C(CCC)OCCCC)C(OCCCC)=C(CCC)OCCCC. The standard InChI is InChI=1S/C42H82O7/c1-9-17-23-25-29-39(41(46-33-21-13-5)37(27-15-7)44-31-19-11-3)48-35-43-36-49-40(30-26-24-18-10-2)42(47-34-22-14-6)38(28-16-8)45-32-20-12-4/h39-40H,9-36H2,1-8H3. The summed E-state index contributed by atoms with van der Waals surface area (Å²) in [5, 5.41) is 0. The first kappa shape index (κ1) is 47.6. The molecular weight excluding hydrogens is 616 g/mol. The van der Waals surface area contributed by atoms with Crippen molar-refractivity contribution in [3.8, 4) is 0 Å². The lowest BCUT2D eigenvalue weighted by Gasteiger charge is -2.26. The van der Waals surface area contributed by atoms with Crippen LogP contribution in [0.2, 0.25) is 0 Å². The Hall–Kier alpha value is -1.44. The van der Waals surface area contributed by atoms with Gasteiger partial charge in [0.05, 0.1) is 26.4 Å². The molecule has 2 atom stereocenters. The van der Waals surface area contributed by atoms with E-state index in [1.807, 2.05) is 0 Å². The molecule has 0 radical (unpaired) electrons. The van der Waals surface area contributed by atoms with E-state index in [1.165, 1.54) is 38.5 Å². The van der Waals surface area contributed by atoms with E-state index in [9.17, 15) is 0 Å². The Kier molecular flexibility index (Phi) is 35.3. The summed E-state index contributed by atoms with van der Waals surface area (Å²) >= 11 is 0. The molecule has 0 aromatic rings. The second kappa shape index (κ2) is 36.4. The normalized spacial score (nSPS) is 13.9. The van der Waals surface area contributed by atoms with Crippen LogP contribution in [0.4, 0.5) is 0 Å². The average molecular weight is 699 g/mol. The number of unbranched alkanes of at least 4 members (excludes halogenated alkanes) is 10. The van der Waals surface area contributed by atoms with E-state index in [2.05, 4.69) is 55.4 Å². The van der Waals surface area contributed by atoms with E-state index in [1.54, 1.807) is 0 Å². The Morgan fingerprint density at radius 3 is 1.04 bits per heavy atom. The van der Waals surface area contributed by atoms with Crippen molar-refractivity contribution in [1.82, 2.24) is 0 Å². The van der Waals surface area contributed by atoms with Gasteiger partial charge in [-0.05, 0) is 51.4 Å². The fourth-order valence-electron chi connectivity index (χ4n) is 5.41. The Labute approximate surface area is 304 Å². The van der Waals surface area contributed by atoms with E-state index in [0.29, 0.717) is 26.4 Å². The van der Waals surface area contributed by atoms with E-state index in [-0.39, 0.29) is 25.8 Å². The number of hydrogen-bond acceptors (Lipinski definition) is 7. The zero-order valence-corrected chi connectivity index (χ0v) is 33.8. The van der Waals surface area contributed by atoms with Crippen LogP contribution >= 0.6 is 0 Å². The van der Waals surface area contributed by atoms with Crippen LogP contribution in [-0.2, 0) is 33.2 Å². The first-order valence-corrected chi connectivity index (χ1v) is 20.9. The van der Waals surface area contributed by atoms with Crippen molar-refractivity contribution in [2.45, 2.75) is 209 Å². The highest BCUT2D eigenvalue weighted by molar-refractivity contribution is 5.09. The molecule has 49 heavy (non-hydrogen) atoms. The van der Waals surface area contributed by atoms with Crippen LogP contribution in [0.5, 0.6) is 0 Å². The fourth-order valence-corrected chi connectivity index (χ4v) is 5.41. The predicted octanol–water partition coefficient (Wildman–Crippen LogP) is 12.9. The van der Waals surface area contributed by atoms with Crippen molar-refractivity contribution < 1.29 is 33.2 Å². The molecule has 0 heterocycles. The predicted molar refractivity (Wildman–Crippen MR) is 205 cm³/mol. The van der Waals surface area contributed by atoms with Gasteiger partial charge in [0, 0.05) is 12.8 Å². The molecule has 0 aliphatic heterocycles. The molecule has 0 aliphatic carbocycles. The van der Waals surface area contributed by atoms with Crippen LogP contribution in [0.3, 0.4) is 0 Å². The maximum Gasteiger partial charge on any atom is 0.162 e. The summed E-state index contributed by atoms with van der Waals surface area (Å²) in [6.07, 6.45) is 22.8. The van der Waals surface area contributed by atoms with E-state index in [4.69, 9.17) is 33.2 Å². The summed E-state index contributed by atoms with van der Waals surface area (Å²) in [7, 11) is 0. The van der Waals surface area contributed by atoms with Gasteiger partial charge >= 0.3 is 0 Å². The lowest BCUT2D eigenvalue weighted by Crippen LogP contribution is -2.25.